The van der Waals surface area contributed by atoms with E-state index >= 15 is 0 Å². The SMILES string of the molecule is CCOC(=O)CCC(=O)CN1CCC(C(F)(F)F)CC1. The van der Waals surface area contributed by atoms with Crippen molar-refractivity contribution in [2.45, 2.75) is 38.8 Å². The molecular formula is C13H20F3NO3. The summed E-state index contributed by atoms with van der Waals surface area (Å²) in [5, 5.41) is 0. The lowest BCUT2D eigenvalue weighted by molar-refractivity contribution is -0.185. The Morgan fingerprint density at radius 2 is 1.80 bits per heavy atom. The number of Topliss-reactive ketones (excluding diaryl/α,β-unsaturated/α-hetero) is 1. The first kappa shape index (κ1) is 16.9. The van der Waals surface area contributed by atoms with E-state index in [-0.39, 0.29) is 57.7 Å². The summed E-state index contributed by atoms with van der Waals surface area (Å²) in [5.41, 5.74) is 0. The number of hydrogen-bond acceptors (Lipinski definition) is 4. The first-order chi connectivity index (χ1) is 9.32. The molecule has 4 nitrogen and oxygen atoms in total. The zero-order valence-corrected chi connectivity index (χ0v) is 11.5. The summed E-state index contributed by atoms with van der Waals surface area (Å²) >= 11 is 0. The molecule has 0 spiro atoms. The summed E-state index contributed by atoms with van der Waals surface area (Å²) in [5.74, 6) is -1.81. The first-order valence-corrected chi connectivity index (χ1v) is 6.79. The molecule has 20 heavy (non-hydrogen) atoms. The summed E-state index contributed by atoms with van der Waals surface area (Å²) in [6, 6.07) is 0. The Hall–Kier alpha value is -1.11. The second kappa shape index (κ2) is 7.61. The molecule has 1 aliphatic heterocycles. The number of rotatable bonds is 6. The maximum absolute atomic E-state index is 12.5. The van der Waals surface area contributed by atoms with Crippen LogP contribution < -0.4 is 0 Å². The van der Waals surface area contributed by atoms with Crippen molar-refractivity contribution in [3.05, 3.63) is 0 Å². The molecule has 1 saturated heterocycles. The van der Waals surface area contributed by atoms with Gasteiger partial charge in [0.05, 0.1) is 25.5 Å². The third-order valence-corrected chi connectivity index (χ3v) is 3.36. The van der Waals surface area contributed by atoms with Crippen LogP contribution in [0, 0.1) is 5.92 Å². The van der Waals surface area contributed by atoms with Crippen LogP contribution in [-0.2, 0) is 14.3 Å². The number of piperidine rings is 1. The molecule has 1 aliphatic rings. The molecule has 0 N–H and O–H groups in total. The van der Waals surface area contributed by atoms with Gasteiger partial charge in [-0.15, -0.1) is 0 Å². The Bertz CT molecular complexity index is 336. The number of ketones is 1. The average molecular weight is 295 g/mol. The number of carbonyl (C=O) groups is 2. The maximum Gasteiger partial charge on any atom is 0.391 e. The Morgan fingerprint density at radius 1 is 1.20 bits per heavy atom. The van der Waals surface area contributed by atoms with Gasteiger partial charge in [-0.25, -0.2) is 0 Å². The van der Waals surface area contributed by atoms with Gasteiger partial charge in [0.2, 0.25) is 0 Å². The molecule has 1 heterocycles. The molecule has 7 heteroatoms. The van der Waals surface area contributed by atoms with E-state index in [1.54, 1.807) is 11.8 Å². The topological polar surface area (TPSA) is 46.6 Å². The van der Waals surface area contributed by atoms with E-state index in [1.165, 1.54) is 0 Å². The number of hydrogen-bond donors (Lipinski definition) is 0. The van der Waals surface area contributed by atoms with Crippen LogP contribution in [0.15, 0.2) is 0 Å². The van der Waals surface area contributed by atoms with Gasteiger partial charge >= 0.3 is 12.1 Å². The molecule has 116 valence electrons. The van der Waals surface area contributed by atoms with Crippen molar-refractivity contribution in [3.63, 3.8) is 0 Å². The Labute approximate surface area is 116 Å². The summed E-state index contributed by atoms with van der Waals surface area (Å²) in [6.07, 6.45) is -3.95. The molecule has 0 atom stereocenters. The molecule has 0 radical (unpaired) electrons. The van der Waals surface area contributed by atoms with E-state index in [2.05, 4.69) is 0 Å². The monoisotopic (exact) mass is 295 g/mol. The van der Waals surface area contributed by atoms with Gasteiger partial charge in [0, 0.05) is 6.42 Å². The van der Waals surface area contributed by atoms with E-state index in [0.29, 0.717) is 0 Å². The minimum absolute atomic E-state index is 0.0334. The summed E-state index contributed by atoms with van der Waals surface area (Å²) in [7, 11) is 0. The molecule has 0 bridgehead atoms. The van der Waals surface area contributed by atoms with Crippen molar-refractivity contribution in [2.75, 3.05) is 26.2 Å². The predicted molar refractivity (Wildman–Crippen MR) is 66.1 cm³/mol. The summed E-state index contributed by atoms with van der Waals surface area (Å²) in [6.45, 7) is 2.62. The molecule has 0 aromatic heterocycles. The van der Waals surface area contributed by atoms with Crippen LogP contribution >= 0.6 is 0 Å². The molecule has 1 rings (SSSR count). The van der Waals surface area contributed by atoms with Crippen LogP contribution in [0.1, 0.15) is 32.6 Å². The van der Waals surface area contributed by atoms with Crippen molar-refractivity contribution in [1.29, 1.82) is 0 Å². The maximum atomic E-state index is 12.5. The van der Waals surface area contributed by atoms with Crippen molar-refractivity contribution in [3.8, 4) is 0 Å². The van der Waals surface area contributed by atoms with Crippen LogP contribution in [0.4, 0.5) is 13.2 Å². The lowest BCUT2D eigenvalue weighted by Gasteiger charge is -2.32. The fraction of sp³-hybridized carbons (Fsp3) is 0.846. The predicted octanol–water partition coefficient (Wildman–Crippen LogP) is 2.17. The van der Waals surface area contributed by atoms with Gasteiger partial charge < -0.3 is 4.74 Å². The van der Waals surface area contributed by atoms with Gasteiger partial charge in [0.1, 0.15) is 5.78 Å². The Kier molecular flexibility index (Phi) is 6.45. The molecule has 0 unspecified atom stereocenters. The number of halogens is 3. The van der Waals surface area contributed by atoms with Crippen LogP contribution in [0.3, 0.4) is 0 Å². The van der Waals surface area contributed by atoms with Crippen LogP contribution in [0.25, 0.3) is 0 Å². The summed E-state index contributed by atoms with van der Waals surface area (Å²) in [4.78, 5) is 24.4. The summed E-state index contributed by atoms with van der Waals surface area (Å²) < 4.78 is 42.1. The molecule has 1 fully saturated rings. The molecule has 0 aromatic rings. The van der Waals surface area contributed by atoms with E-state index in [1.807, 2.05) is 0 Å². The largest absolute Gasteiger partial charge is 0.466 e. The van der Waals surface area contributed by atoms with E-state index in [0.717, 1.165) is 0 Å². The molecule has 0 aromatic carbocycles. The Morgan fingerprint density at radius 3 is 2.30 bits per heavy atom. The minimum Gasteiger partial charge on any atom is -0.466 e. The van der Waals surface area contributed by atoms with E-state index < -0.39 is 18.1 Å². The van der Waals surface area contributed by atoms with Crippen molar-refractivity contribution in [2.24, 2.45) is 5.92 Å². The normalized spacial score (nSPS) is 18.0. The zero-order valence-electron chi connectivity index (χ0n) is 11.5. The quantitative estimate of drug-likeness (QED) is 0.705. The van der Waals surface area contributed by atoms with Gasteiger partial charge in [-0.2, -0.15) is 13.2 Å². The highest BCUT2D eigenvalue weighted by Gasteiger charge is 2.41. The van der Waals surface area contributed by atoms with Crippen LogP contribution in [0.2, 0.25) is 0 Å². The second-order valence-corrected chi connectivity index (χ2v) is 4.94. The van der Waals surface area contributed by atoms with Gasteiger partial charge in [0.15, 0.2) is 0 Å². The smallest absolute Gasteiger partial charge is 0.391 e. The molecular weight excluding hydrogens is 275 g/mol. The lowest BCUT2D eigenvalue weighted by Crippen LogP contribution is -2.41. The van der Waals surface area contributed by atoms with Crippen LogP contribution in [-0.4, -0.2) is 49.1 Å². The van der Waals surface area contributed by atoms with Crippen molar-refractivity contribution >= 4 is 11.8 Å². The third-order valence-electron chi connectivity index (χ3n) is 3.36. The van der Waals surface area contributed by atoms with Gasteiger partial charge in [-0.1, -0.05) is 0 Å². The molecule has 0 saturated carbocycles. The fourth-order valence-corrected chi connectivity index (χ4v) is 2.22. The van der Waals surface area contributed by atoms with Crippen molar-refractivity contribution in [1.82, 2.24) is 4.90 Å². The number of likely N-dealkylation sites (tertiary alicyclic amines) is 1. The second-order valence-electron chi connectivity index (χ2n) is 4.94. The number of carbonyl (C=O) groups excluding carboxylic acids is 2. The van der Waals surface area contributed by atoms with E-state index in [4.69, 9.17) is 4.74 Å². The molecule has 0 amide bonds. The standard InChI is InChI=1S/C13H20F3NO3/c1-2-20-12(19)4-3-11(18)9-17-7-5-10(6-8-17)13(14,15)16/h10H,2-9H2,1H3. The molecule has 0 aliphatic carbocycles. The van der Waals surface area contributed by atoms with Gasteiger partial charge in [0.25, 0.3) is 0 Å². The Balaban J connectivity index is 2.23. The minimum atomic E-state index is -4.14. The number of alkyl halides is 3. The fourth-order valence-electron chi connectivity index (χ4n) is 2.22. The van der Waals surface area contributed by atoms with Crippen LogP contribution in [0.5, 0.6) is 0 Å². The number of esters is 1. The first-order valence-electron chi connectivity index (χ1n) is 6.79. The highest BCUT2D eigenvalue weighted by atomic mass is 19.4. The highest BCUT2D eigenvalue weighted by Crippen LogP contribution is 2.33. The van der Waals surface area contributed by atoms with Gasteiger partial charge in [-0.3, -0.25) is 14.5 Å². The van der Waals surface area contributed by atoms with E-state index in [9.17, 15) is 22.8 Å². The highest BCUT2D eigenvalue weighted by molar-refractivity contribution is 5.84. The van der Waals surface area contributed by atoms with Gasteiger partial charge in [-0.05, 0) is 32.9 Å². The van der Waals surface area contributed by atoms with Crippen molar-refractivity contribution < 1.29 is 27.5 Å². The number of ether oxygens (including phenoxy) is 1. The third kappa shape index (κ3) is 5.90. The zero-order chi connectivity index (χ0) is 15.2. The lowest BCUT2D eigenvalue weighted by atomic mass is 9.96. The average Bonchev–Trinajstić information content (AvgIpc) is 2.36. The number of nitrogens with zero attached hydrogens (tertiary/aromatic N) is 1.